The largest absolute Gasteiger partial charge is 0.326 e. The average molecular weight is 498 g/mol. The van der Waals surface area contributed by atoms with Crippen molar-refractivity contribution in [1.29, 1.82) is 0 Å². The number of hydrogen-bond donors (Lipinski definition) is 3. The fourth-order valence-electron chi connectivity index (χ4n) is 4.55. The predicted molar refractivity (Wildman–Crippen MR) is 145 cm³/mol. The van der Waals surface area contributed by atoms with Crippen molar-refractivity contribution in [2.24, 2.45) is 0 Å². The van der Waals surface area contributed by atoms with Crippen molar-refractivity contribution in [3.8, 4) is 11.3 Å². The smallest absolute Gasteiger partial charge is 0.247 e. The first-order valence-electron chi connectivity index (χ1n) is 12.6. The van der Waals surface area contributed by atoms with E-state index in [9.17, 15) is 9.59 Å². The Hall–Kier alpha value is -4.08. The van der Waals surface area contributed by atoms with Crippen LogP contribution in [0.4, 0.5) is 17.3 Å². The Bertz CT molecular complexity index is 1390. The Morgan fingerprint density at radius 2 is 1.76 bits per heavy atom. The summed E-state index contributed by atoms with van der Waals surface area (Å²) in [6.45, 7) is 6.60. The van der Waals surface area contributed by atoms with Gasteiger partial charge >= 0.3 is 0 Å². The molecule has 0 unspecified atom stereocenters. The van der Waals surface area contributed by atoms with E-state index >= 15 is 0 Å². The first-order chi connectivity index (χ1) is 18.0. The van der Waals surface area contributed by atoms with Crippen LogP contribution in [0.3, 0.4) is 0 Å². The number of piperazine rings is 1. The molecule has 0 saturated carbocycles. The van der Waals surface area contributed by atoms with Gasteiger partial charge in [-0.25, -0.2) is 4.52 Å². The monoisotopic (exact) mass is 497 g/mol. The van der Waals surface area contributed by atoms with Crippen LogP contribution < -0.4 is 16.0 Å². The molecular weight excluding hydrogens is 466 g/mol. The van der Waals surface area contributed by atoms with Gasteiger partial charge in [-0.15, -0.1) is 5.10 Å². The second kappa shape index (κ2) is 11.3. The molecule has 0 radical (unpaired) electrons. The Morgan fingerprint density at radius 1 is 0.973 bits per heavy atom. The maximum absolute atomic E-state index is 12.6. The summed E-state index contributed by atoms with van der Waals surface area (Å²) in [7, 11) is 0. The highest BCUT2D eigenvalue weighted by molar-refractivity contribution is 5.96. The van der Waals surface area contributed by atoms with Crippen LogP contribution in [-0.4, -0.2) is 63.9 Å². The van der Waals surface area contributed by atoms with Gasteiger partial charge in [-0.3, -0.25) is 9.59 Å². The number of carbonyl (C=O) groups excluding carboxylic acids is 2. The summed E-state index contributed by atoms with van der Waals surface area (Å²) < 4.78 is 1.77. The highest BCUT2D eigenvalue weighted by atomic mass is 16.1. The first kappa shape index (κ1) is 24.6. The first-order valence-corrected chi connectivity index (χ1v) is 12.6. The molecule has 9 nitrogen and oxygen atoms in total. The highest BCUT2D eigenvalue weighted by Gasteiger charge is 2.13. The molecule has 4 aromatic rings. The Kier molecular flexibility index (Phi) is 7.53. The highest BCUT2D eigenvalue weighted by Crippen LogP contribution is 2.25. The number of ketones is 1. The fraction of sp³-hybridized carbons (Fsp3) is 0.286. The van der Waals surface area contributed by atoms with E-state index in [4.69, 9.17) is 0 Å². The van der Waals surface area contributed by atoms with E-state index in [2.05, 4.69) is 30.9 Å². The van der Waals surface area contributed by atoms with E-state index in [-0.39, 0.29) is 11.7 Å². The van der Waals surface area contributed by atoms with Gasteiger partial charge in [0.05, 0.1) is 5.69 Å². The minimum Gasteiger partial charge on any atom is -0.326 e. The predicted octanol–water partition coefficient (Wildman–Crippen LogP) is 3.97. The third-order valence-electron chi connectivity index (χ3n) is 6.39. The van der Waals surface area contributed by atoms with Gasteiger partial charge in [0.1, 0.15) is 0 Å². The van der Waals surface area contributed by atoms with Crippen LogP contribution in [0, 0.1) is 0 Å². The lowest BCUT2D eigenvalue weighted by atomic mass is 10.1. The van der Waals surface area contributed by atoms with Crippen LogP contribution in [0.5, 0.6) is 0 Å². The number of aromatic nitrogens is 3. The molecule has 9 heteroatoms. The maximum atomic E-state index is 12.6. The van der Waals surface area contributed by atoms with Gasteiger partial charge in [0.25, 0.3) is 0 Å². The molecule has 1 aliphatic heterocycles. The molecule has 190 valence electrons. The fourth-order valence-corrected chi connectivity index (χ4v) is 4.55. The topological polar surface area (TPSA) is 104 Å². The van der Waals surface area contributed by atoms with Crippen molar-refractivity contribution >= 4 is 34.7 Å². The van der Waals surface area contributed by atoms with Crippen molar-refractivity contribution in [3.63, 3.8) is 0 Å². The van der Waals surface area contributed by atoms with Gasteiger partial charge in [-0.1, -0.05) is 18.2 Å². The molecule has 1 aliphatic rings. The van der Waals surface area contributed by atoms with Crippen LogP contribution in [0.1, 0.15) is 30.1 Å². The summed E-state index contributed by atoms with van der Waals surface area (Å²) >= 11 is 0. The van der Waals surface area contributed by atoms with Gasteiger partial charge in [0, 0.05) is 62.0 Å². The molecule has 2 aromatic carbocycles. The molecule has 1 fully saturated rings. The van der Waals surface area contributed by atoms with Crippen LogP contribution in [0.15, 0.2) is 66.7 Å². The molecule has 2 aromatic heterocycles. The van der Waals surface area contributed by atoms with Crippen LogP contribution in [-0.2, 0) is 4.79 Å². The van der Waals surface area contributed by atoms with Crippen molar-refractivity contribution < 1.29 is 9.59 Å². The van der Waals surface area contributed by atoms with Gasteiger partial charge < -0.3 is 20.9 Å². The van der Waals surface area contributed by atoms with E-state index in [1.165, 1.54) is 6.92 Å². The van der Waals surface area contributed by atoms with Crippen LogP contribution in [0.25, 0.3) is 16.9 Å². The minimum atomic E-state index is -0.120. The number of benzene rings is 2. The maximum Gasteiger partial charge on any atom is 0.247 e. The number of anilines is 3. The summed E-state index contributed by atoms with van der Waals surface area (Å²) in [4.78, 5) is 31.1. The number of pyridine rings is 1. The number of rotatable bonds is 9. The summed E-state index contributed by atoms with van der Waals surface area (Å²) in [6.07, 6.45) is 1.43. The molecule has 37 heavy (non-hydrogen) atoms. The van der Waals surface area contributed by atoms with Crippen molar-refractivity contribution in [1.82, 2.24) is 24.8 Å². The number of fused-ring (bicyclic) bond motifs is 1. The molecule has 0 spiro atoms. The lowest BCUT2D eigenvalue weighted by Gasteiger charge is -2.26. The van der Waals surface area contributed by atoms with Crippen molar-refractivity contribution in [2.45, 2.75) is 19.8 Å². The number of hydrogen-bond acceptors (Lipinski definition) is 7. The molecule has 0 atom stereocenters. The third-order valence-corrected chi connectivity index (χ3v) is 6.39. The average Bonchev–Trinajstić information content (AvgIpc) is 3.32. The molecule has 5 rings (SSSR count). The summed E-state index contributed by atoms with van der Waals surface area (Å²) in [5.74, 6) is 0.504. The standard InChI is InChI=1S/C28H31N7O2/c1-20(36)30-24-6-2-5-22(19-24)25-7-3-9-27-32-28(33-35(25)27)31-23-12-10-21(11-13-23)26(37)8-4-16-34-17-14-29-15-18-34/h2-3,5-7,9-13,19,29H,4,8,14-18H2,1H3,(H,30,36)(H,31,33). The van der Waals surface area contributed by atoms with Crippen molar-refractivity contribution in [3.05, 3.63) is 72.3 Å². The van der Waals surface area contributed by atoms with E-state index in [0.29, 0.717) is 18.0 Å². The molecule has 0 aliphatic carbocycles. The summed E-state index contributed by atoms with van der Waals surface area (Å²) in [6, 6.07) is 20.9. The Morgan fingerprint density at radius 3 is 2.54 bits per heavy atom. The molecule has 0 bridgehead atoms. The number of amides is 1. The van der Waals surface area contributed by atoms with E-state index < -0.39 is 0 Å². The van der Waals surface area contributed by atoms with Crippen LogP contribution in [0.2, 0.25) is 0 Å². The number of nitrogens with one attached hydrogen (secondary N) is 3. The van der Waals surface area contributed by atoms with E-state index in [0.717, 1.165) is 67.3 Å². The number of Topliss-reactive ketones (excluding diaryl/α,β-unsaturated/α-hetero) is 1. The van der Waals surface area contributed by atoms with Gasteiger partial charge in [0.15, 0.2) is 11.4 Å². The lowest BCUT2D eigenvalue weighted by molar-refractivity contribution is -0.114. The van der Waals surface area contributed by atoms with Crippen molar-refractivity contribution in [2.75, 3.05) is 43.4 Å². The molecule has 3 heterocycles. The zero-order chi connectivity index (χ0) is 25.6. The normalized spacial score (nSPS) is 14.0. The molecule has 3 N–H and O–H groups in total. The number of carbonyl (C=O) groups is 2. The molecule has 1 saturated heterocycles. The lowest BCUT2D eigenvalue weighted by Crippen LogP contribution is -2.43. The number of nitrogens with zero attached hydrogens (tertiary/aromatic N) is 4. The second-order valence-corrected chi connectivity index (χ2v) is 9.20. The van der Waals surface area contributed by atoms with E-state index in [1.54, 1.807) is 4.52 Å². The van der Waals surface area contributed by atoms with Gasteiger partial charge in [-0.2, -0.15) is 4.98 Å². The quantitative estimate of drug-likeness (QED) is 0.301. The molecule has 1 amide bonds. The van der Waals surface area contributed by atoms with Gasteiger partial charge in [0.2, 0.25) is 11.9 Å². The third kappa shape index (κ3) is 6.19. The van der Waals surface area contributed by atoms with Gasteiger partial charge in [-0.05, 0) is 61.5 Å². The second-order valence-electron chi connectivity index (χ2n) is 9.20. The van der Waals surface area contributed by atoms with Crippen LogP contribution >= 0.6 is 0 Å². The van der Waals surface area contributed by atoms with E-state index in [1.807, 2.05) is 66.7 Å². The summed E-state index contributed by atoms with van der Waals surface area (Å²) in [5.41, 5.74) is 4.71. The summed E-state index contributed by atoms with van der Waals surface area (Å²) in [5, 5.41) is 14.1. The minimum absolute atomic E-state index is 0.120. The Labute approximate surface area is 215 Å². The molecular formula is C28H31N7O2. The zero-order valence-corrected chi connectivity index (χ0v) is 20.9. The SMILES string of the molecule is CC(=O)Nc1cccc(-c2cccc3nc(Nc4ccc(C(=O)CCCN5CCNCC5)cc4)nn23)c1. The Balaban J connectivity index is 1.24. The zero-order valence-electron chi connectivity index (χ0n) is 20.9.